The third kappa shape index (κ3) is 4.76. The minimum atomic E-state index is -3.15. The van der Waals surface area contributed by atoms with E-state index in [0.29, 0.717) is 45.9 Å². The Morgan fingerprint density at radius 3 is 2.36 bits per heavy atom. The Labute approximate surface area is 192 Å². The molecule has 2 saturated heterocycles. The number of nitrogens with zero attached hydrogens (tertiary/aromatic N) is 8. The van der Waals surface area contributed by atoms with E-state index in [1.54, 1.807) is 12.4 Å². The smallest absolute Gasteiger partial charge is 0.219 e. The van der Waals surface area contributed by atoms with Gasteiger partial charge in [-0.15, -0.1) is 0 Å². The second-order valence-electron chi connectivity index (χ2n) is 8.28. The number of nitrogen functional groups attached to an aromatic ring is 1. The molecular formula is C20H27N9O3S. The number of hydrogen-bond donors (Lipinski definition) is 1. The topological polar surface area (TPSA) is 135 Å². The van der Waals surface area contributed by atoms with E-state index in [9.17, 15) is 8.42 Å². The molecule has 12 nitrogen and oxygen atoms in total. The summed E-state index contributed by atoms with van der Waals surface area (Å²) in [5, 5.41) is 0. The molecule has 0 saturated carbocycles. The van der Waals surface area contributed by atoms with Gasteiger partial charge < -0.3 is 19.8 Å². The monoisotopic (exact) mass is 473 g/mol. The van der Waals surface area contributed by atoms with Gasteiger partial charge in [-0.2, -0.15) is 4.31 Å². The van der Waals surface area contributed by atoms with Gasteiger partial charge in [0.1, 0.15) is 0 Å². The van der Waals surface area contributed by atoms with Crippen molar-refractivity contribution in [3.05, 3.63) is 30.5 Å². The third-order valence-corrected chi connectivity index (χ3v) is 7.24. The Balaban J connectivity index is 1.45. The maximum absolute atomic E-state index is 11.8. The number of anilines is 2. The summed E-state index contributed by atoms with van der Waals surface area (Å²) >= 11 is 0. The molecule has 0 atom stereocenters. The van der Waals surface area contributed by atoms with Gasteiger partial charge in [-0.05, 0) is 0 Å². The summed E-state index contributed by atoms with van der Waals surface area (Å²) in [4.78, 5) is 22.4. The molecule has 3 aromatic rings. The quantitative estimate of drug-likeness (QED) is 0.525. The van der Waals surface area contributed by atoms with E-state index in [-0.39, 0.29) is 5.95 Å². The molecule has 2 N–H and O–H groups in total. The lowest BCUT2D eigenvalue weighted by molar-refractivity contribution is 0.122. The van der Waals surface area contributed by atoms with Crippen molar-refractivity contribution in [3.8, 4) is 11.3 Å². The molecule has 0 aliphatic carbocycles. The molecule has 33 heavy (non-hydrogen) atoms. The van der Waals surface area contributed by atoms with Crippen LogP contribution in [0.2, 0.25) is 0 Å². The lowest BCUT2D eigenvalue weighted by Gasteiger charge is -2.32. The fraction of sp³-hybridized carbons (Fsp3) is 0.500. The summed E-state index contributed by atoms with van der Waals surface area (Å²) in [7, 11) is -3.15. The van der Waals surface area contributed by atoms with Crippen LogP contribution < -0.4 is 10.6 Å². The number of aromatic nitrogens is 5. The molecule has 0 unspecified atom stereocenters. The molecule has 3 aromatic heterocycles. The standard InChI is InChI=1S/C20H27N9O3S/c1-33(30,31)29-4-2-26(3-5-29)12-16-13-28-14-17(15-10-22-20(21)23-11-15)25-19(18(28)24-16)27-6-8-32-9-7-27/h10-11,13-14H,2-9,12H2,1H3,(H2,21,22,23). The Morgan fingerprint density at radius 2 is 1.70 bits per heavy atom. The van der Waals surface area contributed by atoms with Crippen LogP contribution in [-0.4, -0.2) is 101 Å². The Bertz CT molecular complexity index is 1230. The van der Waals surface area contributed by atoms with Crippen molar-refractivity contribution in [1.82, 2.24) is 33.5 Å². The zero-order chi connectivity index (χ0) is 23.0. The van der Waals surface area contributed by atoms with Gasteiger partial charge in [0, 0.05) is 76.2 Å². The van der Waals surface area contributed by atoms with Gasteiger partial charge in [0.25, 0.3) is 0 Å². The fourth-order valence-corrected chi connectivity index (χ4v) is 4.98. The molecule has 0 bridgehead atoms. The van der Waals surface area contributed by atoms with Crippen molar-refractivity contribution in [2.45, 2.75) is 6.54 Å². The third-order valence-electron chi connectivity index (χ3n) is 5.93. The molecule has 0 amide bonds. The Kier molecular flexibility index (Phi) is 5.86. The van der Waals surface area contributed by atoms with Crippen LogP contribution in [0.4, 0.5) is 11.8 Å². The first-order chi connectivity index (χ1) is 15.9. The number of imidazole rings is 1. The van der Waals surface area contributed by atoms with Crippen molar-refractivity contribution in [2.24, 2.45) is 0 Å². The molecule has 5 rings (SSSR count). The van der Waals surface area contributed by atoms with E-state index < -0.39 is 10.0 Å². The second-order valence-corrected chi connectivity index (χ2v) is 10.3. The van der Waals surface area contributed by atoms with E-state index in [1.165, 1.54) is 10.6 Å². The highest BCUT2D eigenvalue weighted by molar-refractivity contribution is 7.88. The molecule has 2 aliphatic heterocycles. The molecule has 176 valence electrons. The van der Waals surface area contributed by atoms with E-state index >= 15 is 0 Å². The number of hydrogen-bond acceptors (Lipinski definition) is 10. The highest BCUT2D eigenvalue weighted by atomic mass is 32.2. The number of fused-ring (bicyclic) bond motifs is 1. The summed E-state index contributed by atoms with van der Waals surface area (Å²) < 4.78 is 32.6. The number of piperazine rings is 1. The van der Waals surface area contributed by atoms with Gasteiger partial charge in [-0.3, -0.25) is 4.90 Å². The van der Waals surface area contributed by atoms with Gasteiger partial charge in [-0.1, -0.05) is 0 Å². The molecule has 5 heterocycles. The van der Waals surface area contributed by atoms with Crippen molar-refractivity contribution >= 4 is 27.4 Å². The zero-order valence-electron chi connectivity index (χ0n) is 18.5. The van der Waals surface area contributed by atoms with Crippen molar-refractivity contribution in [2.75, 3.05) is 69.4 Å². The van der Waals surface area contributed by atoms with Gasteiger partial charge in [0.2, 0.25) is 16.0 Å². The summed E-state index contributed by atoms with van der Waals surface area (Å²) in [6.45, 7) is 5.72. The molecule has 0 aromatic carbocycles. The number of nitrogens with two attached hydrogens (primary N) is 1. The molecule has 2 aliphatic rings. The summed E-state index contributed by atoms with van der Waals surface area (Å²) in [6, 6.07) is 0. The lowest BCUT2D eigenvalue weighted by Crippen LogP contribution is -2.47. The van der Waals surface area contributed by atoms with Gasteiger partial charge in [-0.25, -0.2) is 28.4 Å². The molecular weight excluding hydrogens is 446 g/mol. The minimum absolute atomic E-state index is 0.217. The molecule has 13 heteroatoms. The normalized spacial score (nSPS) is 18.8. The van der Waals surface area contributed by atoms with Gasteiger partial charge >= 0.3 is 0 Å². The van der Waals surface area contributed by atoms with Crippen LogP contribution in [0.3, 0.4) is 0 Å². The SMILES string of the molecule is CS(=O)(=O)N1CCN(Cc2cn3cc(-c4cnc(N)nc4)nc(N4CCOCC4)c3n2)CC1. The second kappa shape index (κ2) is 8.82. The minimum Gasteiger partial charge on any atom is -0.378 e. The van der Waals surface area contributed by atoms with Crippen LogP contribution in [0.25, 0.3) is 16.9 Å². The van der Waals surface area contributed by atoms with Crippen molar-refractivity contribution in [1.29, 1.82) is 0 Å². The number of ether oxygens (including phenoxy) is 1. The fourth-order valence-electron chi connectivity index (χ4n) is 4.15. The van der Waals surface area contributed by atoms with Crippen LogP contribution in [-0.2, 0) is 21.3 Å². The van der Waals surface area contributed by atoms with Gasteiger partial charge in [0.05, 0.1) is 30.9 Å². The summed E-state index contributed by atoms with van der Waals surface area (Å²) in [6.07, 6.45) is 8.52. The summed E-state index contributed by atoms with van der Waals surface area (Å²) in [5.41, 5.74) is 8.83. The predicted octanol–water partition coefficient (Wildman–Crippen LogP) is -0.318. The number of morpholine rings is 1. The first kappa shape index (κ1) is 21.9. The highest BCUT2D eigenvalue weighted by Gasteiger charge is 2.25. The van der Waals surface area contributed by atoms with Crippen LogP contribution in [0, 0.1) is 0 Å². The number of sulfonamides is 1. The first-order valence-electron chi connectivity index (χ1n) is 10.8. The molecule has 0 radical (unpaired) electrons. The average Bonchev–Trinajstić information content (AvgIpc) is 3.21. The Hall–Kier alpha value is -2.87. The molecule has 0 spiro atoms. The highest BCUT2D eigenvalue weighted by Crippen LogP contribution is 2.26. The predicted molar refractivity (Wildman–Crippen MR) is 123 cm³/mol. The van der Waals surface area contributed by atoms with E-state index in [1.807, 2.05) is 16.8 Å². The average molecular weight is 474 g/mol. The summed E-state index contributed by atoms with van der Waals surface area (Å²) in [5.74, 6) is 1.01. The first-order valence-corrected chi connectivity index (χ1v) is 12.7. The maximum atomic E-state index is 11.8. The maximum Gasteiger partial charge on any atom is 0.219 e. The Morgan fingerprint density at radius 1 is 1.00 bits per heavy atom. The lowest BCUT2D eigenvalue weighted by atomic mass is 10.2. The van der Waals surface area contributed by atoms with Crippen LogP contribution >= 0.6 is 0 Å². The number of rotatable bonds is 5. The van der Waals surface area contributed by atoms with Crippen LogP contribution in [0.5, 0.6) is 0 Å². The van der Waals surface area contributed by atoms with Gasteiger partial charge in [0.15, 0.2) is 11.5 Å². The van der Waals surface area contributed by atoms with Crippen LogP contribution in [0.1, 0.15) is 5.69 Å². The van der Waals surface area contributed by atoms with Crippen LogP contribution in [0.15, 0.2) is 24.8 Å². The van der Waals surface area contributed by atoms with E-state index in [2.05, 4.69) is 19.8 Å². The van der Waals surface area contributed by atoms with Crippen molar-refractivity contribution in [3.63, 3.8) is 0 Å². The molecule has 2 fully saturated rings. The van der Waals surface area contributed by atoms with E-state index in [0.717, 1.165) is 41.5 Å². The largest absolute Gasteiger partial charge is 0.378 e. The van der Waals surface area contributed by atoms with Crippen molar-refractivity contribution < 1.29 is 13.2 Å². The zero-order valence-corrected chi connectivity index (χ0v) is 19.3. The van der Waals surface area contributed by atoms with E-state index in [4.69, 9.17) is 20.4 Å².